The largest absolute Gasteiger partial charge is 0.312 e. The van der Waals surface area contributed by atoms with Gasteiger partial charge in [0.25, 0.3) is 5.56 Å². The Morgan fingerprint density at radius 1 is 1.00 bits per heavy atom. The van der Waals surface area contributed by atoms with E-state index in [1.54, 1.807) is 6.07 Å². The lowest BCUT2D eigenvalue weighted by Gasteiger charge is -2.42. The maximum atomic E-state index is 12.2. The molecule has 0 N–H and O–H groups in total. The molecule has 130 valence electrons. The Morgan fingerprint density at radius 3 is 2.68 bits per heavy atom. The maximum Gasteiger partial charge on any atom is 0.250 e. The number of pyridine rings is 1. The van der Waals surface area contributed by atoms with Crippen LogP contribution in [0, 0.1) is 5.92 Å². The SMILES string of the molecule is O=C(CCCN1C[C@H]2C[C@H](C1)c1cccc(=O)n1C2)c1ccccc1. The zero-order chi connectivity index (χ0) is 17.2. The monoisotopic (exact) mass is 336 g/mol. The number of fused-ring (bicyclic) bond motifs is 4. The number of nitrogens with zero attached hydrogens (tertiary/aromatic N) is 2. The van der Waals surface area contributed by atoms with E-state index in [9.17, 15) is 9.59 Å². The molecule has 0 saturated carbocycles. The van der Waals surface area contributed by atoms with Gasteiger partial charge in [-0.15, -0.1) is 0 Å². The number of piperidine rings is 1. The van der Waals surface area contributed by atoms with E-state index in [-0.39, 0.29) is 11.3 Å². The van der Waals surface area contributed by atoms with Crippen LogP contribution in [0.5, 0.6) is 0 Å². The van der Waals surface area contributed by atoms with E-state index in [1.165, 1.54) is 12.1 Å². The summed E-state index contributed by atoms with van der Waals surface area (Å²) in [4.78, 5) is 26.8. The van der Waals surface area contributed by atoms with Gasteiger partial charge in [-0.25, -0.2) is 0 Å². The summed E-state index contributed by atoms with van der Waals surface area (Å²) in [6.07, 6.45) is 2.68. The molecule has 0 unspecified atom stereocenters. The third kappa shape index (κ3) is 3.45. The van der Waals surface area contributed by atoms with Gasteiger partial charge in [-0.1, -0.05) is 36.4 Å². The molecule has 2 aromatic rings. The molecule has 0 amide bonds. The van der Waals surface area contributed by atoms with Crippen molar-refractivity contribution in [3.8, 4) is 0 Å². The molecule has 4 nitrogen and oxygen atoms in total. The van der Waals surface area contributed by atoms with Gasteiger partial charge in [-0.2, -0.15) is 0 Å². The minimum Gasteiger partial charge on any atom is -0.312 e. The minimum absolute atomic E-state index is 0.133. The van der Waals surface area contributed by atoms with E-state index in [0.29, 0.717) is 18.3 Å². The summed E-state index contributed by atoms with van der Waals surface area (Å²) in [5, 5.41) is 0. The van der Waals surface area contributed by atoms with Crippen LogP contribution in [0.4, 0.5) is 0 Å². The average Bonchev–Trinajstić information content (AvgIpc) is 2.63. The van der Waals surface area contributed by atoms with Gasteiger partial charge in [0.15, 0.2) is 5.78 Å². The highest BCUT2D eigenvalue weighted by Gasteiger charge is 2.34. The summed E-state index contributed by atoms with van der Waals surface area (Å²) in [5.41, 5.74) is 2.13. The molecule has 4 heteroatoms. The maximum absolute atomic E-state index is 12.2. The van der Waals surface area contributed by atoms with Crippen molar-refractivity contribution in [2.24, 2.45) is 5.92 Å². The van der Waals surface area contributed by atoms with Crippen molar-refractivity contribution in [1.82, 2.24) is 9.47 Å². The van der Waals surface area contributed by atoms with Gasteiger partial charge in [-0.3, -0.25) is 9.59 Å². The van der Waals surface area contributed by atoms with Crippen LogP contribution in [0.15, 0.2) is 53.3 Å². The van der Waals surface area contributed by atoms with Gasteiger partial charge in [0.2, 0.25) is 0 Å². The van der Waals surface area contributed by atoms with Gasteiger partial charge in [0.1, 0.15) is 0 Å². The van der Waals surface area contributed by atoms with Gasteiger partial charge in [0.05, 0.1) is 0 Å². The van der Waals surface area contributed by atoms with Crippen molar-refractivity contribution < 1.29 is 4.79 Å². The standard InChI is InChI=1S/C21H24N2O2/c24-20(17-6-2-1-3-7-17)9-5-11-22-13-16-12-18(15-22)19-8-4-10-21(25)23(19)14-16/h1-4,6-8,10,16,18H,5,9,11-15H2/t16-,18-/m1/s1. The highest BCUT2D eigenvalue weighted by atomic mass is 16.1. The number of aromatic nitrogens is 1. The fourth-order valence-electron chi connectivity index (χ4n) is 4.41. The number of rotatable bonds is 5. The Bertz CT molecular complexity index is 812. The fraction of sp³-hybridized carbons (Fsp3) is 0.429. The summed E-state index contributed by atoms with van der Waals surface area (Å²) in [6, 6.07) is 15.2. The lowest BCUT2D eigenvalue weighted by atomic mass is 9.83. The second-order valence-electron chi connectivity index (χ2n) is 7.35. The van der Waals surface area contributed by atoms with Gasteiger partial charge in [0, 0.05) is 49.3 Å². The first-order chi connectivity index (χ1) is 12.2. The molecule has 4 rings (SSSR count). The average molecular weight is 336 g/mol. The van der Waals surface area contributed by atoms with Crippen molar-refractivity contribution in [2.45, 2.75) is 31.7 Å². The van der Waals surface area contributed by atoms with Crippen LogP contribution in [-0.4, -0.2) is 34.9 Å². The van der Waals surface area contributed by atoms with Crippen molar-refractivity contribution in [1.29, 1.82) is 0 Å². The van der Waals surface area contributed by atoms with Crippen LogP contribution < -0.4 is 5.56 Å². The molecule has 3 heterocycles. The first kappa shape index (κ1) is 16.3. The molecule has 2 aliphatic heterocycles. The van der Waals surface area contributed by atoms with E-state index in [4.69, 9.17) is 0 Å². The molecule has 25 heavy (non-hydrogen) atoms. The van der Waals surface area contributed by atoms with Crippen LogP contribution >= 0.6 is 0 Å². The van der Waals surface area contributed by atoms with Crippen molar-refractivity contribution >= 4 is 5.78 Å². The van der Waals surface area contributed by atoms with Crippen LogP contribution in [0.1, 0.15) is 41.2 Å². The predicted molar refractivity (Wildman–Crippen MR) is 98.0 cm³/mol. The summed E-state index contributed by atoms with van der Waals surface area (Å²) >= 11 is 0. The fourth-order valence-corrected chi connectivity index (χ4v) is 4.41. The van der Waals surface area contributed by atoms with Gasteiger partial charge in [-0.05, 0) is 31.4 Å². The number of carbonyl (C=O) groups excluding carboxylic acids is 1. The summed E-state index contributed by atoms with van der Waals surface area (Å²) in [5.74, 6) is 1.23. The molecule has 1 saturated heterocycles. The Balaban J connectivity index is 1.35. The van der Waals surface area contributed by atoms with Gasteiger partial charge < -0.3 is 9.47 Å². The molecule has 0 radical (unpaired) electrons. The molecule has 1 fully saturated rings. The molecule has 2 bridgehead atoms. The molecule has 2 atom stereocenters. The van der Waals surface area contributed by atoms with E-state index in [2.05, 4.69) is 11.0 Å². The quantitative estimate of drug-likeness (QED) is 0.789. The highest BCUT2D eigenvalue weighted by molar-refractivity contribution is 5.95. The Labute approximate surface area is 148 Å². The first-order valence-corrected chi connectivity index (χ1v) is 9.21. The molecule has 1 aromatic carbocycles. The zero-order valence-corrected chi connectivity index (χ0v) is 14.4. The third-order valence-corrected chi connectivity index (χ3v) is 5.53. The molecule has 1 aromatic heterocycles. The van der Waals surface area contributed by atoms with Crippen LogP contribution in [0.25, 0.3) is 0 Å². The first-order valence-electron chi connectivity index (χ1n) is 9.21. The van der Waals surface area contributed by atoms with E-state index in [1.807, 2.05) is 41.0 Å². The van der Waals surface area contributed by atoms with Gasteiger partial charge >= 0.3 is 0 Å². The topological polar surface area (TPSA) is 42.3 Å². The number of hydrogen-bond acceptors (Lipinski definition) is 3. The van der Waals surface area contributed by atoms with Crippen LogP contribution in [0.3, 0.4) is 0 Å². The molecule has 2 aliphatic rings. The molecular formula is C21H24N2O2. The van der Waals surface area contributed by atoms with E-state index in [0.717, 1.165) is 38.2 Å². The normalized spacial score (nSPS) is 22.4. The zero-order valence-electron chi connectivity index (χ0n) is 14.4. The second kappa shape index (κ2) is 6.96. The van der Waals surface area contributed by atoms with Crippen LogP contribution in [0.2, 0.25) is 0 Å². The summed E-state index contributed by atoms with van der Waals surface area (Å²) < 4.78 is 1.97. The Morgan fingerprint density at radius 2 is 1.84 bits per heavy atom. The lowest BCUT2D eigenvalue weighted by Crippen LogP contribution is -2.47. The summed E-state index contributed by atoms with van der Waals surface area (Å²) in [7, 11) is 0. The lowest BCUT2D eigenvalue weighted by molar-refractivity contribution is 0.0951. The summed E-state index contributed by atoms with van der Waals surface area (Å²) in [6.45, 7) is 3.84. The van der Waals surface area contributed by atoms with E-state index >= 15 is 0 Å². The Kier molecular flexibility index (Phi) is 4.53. The van der Waals surface area contributed by atoms with Crippen molar-refractivity contribution in [2.75, 3.05) is 19.6 Å². The van der Waals surface area contributed by atoms with Crippen LogP contribution in [-0.2, 0) is 6.54 Å². The minimum atomic E-state index is 0.133. The molecular weight excluding hydrogens is 312 g/mol. The number of likely N-dealkylation sites (tertiary alicyclic amines) is 1. The number of benzene rings is 1. The van der Waals surface area contributed by atoms with Crippen molar-refractivity contribution in [3.63, 3.8) is 0 Å². The molecule has 0 aliphatic carbocycles. The van der Waals surface area contributed by atoms with E-state index < -0.39 is 0 Å². The molecule has 0 spiro atoms. The highest BCUT2D eigenvalue weighted by Crippen LogP contribution is 2.34. The number of carbonyl (C=O) groups is 1. The Hall–Kier alpha value is -2.20. The smallest absolute Gasteiger partial charge is 0.250 e. The van der Waals surface area contributed by atoms with Crippen molar-refractivity contribution in [3.05, 3.63) is 70.1 Å². The third-order valence-electron chi connectivity index (χ3n) is 5.53. The number of ketones is 1. The number of Topliss-reactive ketones (excluding diaryl/α,β-unsaturated/α-hetero) is 1. The second-order valence-corrected chi connectivity index (χ2v) is 7.35. The predicted octanol–water partition coefficient (Wildman–Crippen LogP) is 2.93. The number of hydrogen-bond donors (Lipinski definition) is 0.